The predicted molar refractivity (Wildman–Crippen MR) is 86.1 cm³/mol. The fourth-order valence-electron chi connectivity index (χ4n) is 3.40. The molecule has 1 nitrogen and oxygen atoms in total. The zero-order valence-corrected chi connectivity index (χ0v) is 13.6. The van der Waals surface area contributed by atoms with Crippen LogP contribution in [0.2, 0.25) is 0 Å². The van der Waals surface area contributed by atoms with E-state index in [9.17, 15) is 0 Å². The minimum absolute atomic E-state index is 0.807. The Hall–Kier alpha value is -0.340. The lowest BCUT2D eigenvalue weighted by atomic mass is 9.72. The Kier molecular flexibility index (Phi) is 5.90. The number of hydrogen-bond acceptors (Lipinski definition) is 2. The van der Waals surface area contributed by atoms with Crippen molar-refractivity contribution >= 4 is 11.3 Å². The smallest absolute Gasteiger partial charge is 0.00823 e. The van der Waals surface area contributed by atoms with Crippen LogP contribution in [-0.4, -0.2) is 13.1 Å². The van der Waals surface area contributed by atoms with Crippen LogP contribution in [0, 0.1) is 18.8 Å². The standard InChI is InChI=1S/C17H29NS/c1-4-10-18-12-15-8-7-14(5-2)11-16(15)17-9-6-13(3)19-17/h6,9,14-16,18H,4-5,7-8,10-12H2,1-3H3. The van der Waals surface area contributed by atoms with Crippen molar-refractivity contribution in [1.82, 2.24) is 5.32 Å². The van der Waals surface area contributed by atoms with Crippen molar-refractivity contribution in [2.75, 3.05) is 13.1 Å². The third kappa shape index (κ3) is 4.06. The average Bonchev–Trinajstić information content (AvgIpc) is 2.86. The molecule has 0 spiro atoms. The van der Waals surface area contributed by atoms with Gasteiger partial charge < -0.3 is 5.32 Å². The molecule has 1 fully saturated rings. The highest BCUT2D eigenvalue weighted by molar-refractivity contribution is 7.12. The second-order valence-electron chi connectivity index (χ2n) is 6.11. The third-order valence-electron chi connectivity index (χ3n) is 4.64. The molecule has 3 unspecified atom stereocenters. The van der Waals surface area contributed by atoms with E-state index in [0.717, 1.165) is 17.8 Å². The lowest BCUT2D eigenvalue weighted by molar-refractivity contribution is 0.228. The van der Waals surface area contributed by atoms with Crippen LogP contribution in [-0.2, 0) is 0 Å². The number of aryl methyl sites for hydroxylation is 1. The molecule has 2 rings (SSSR count). The number of rotatable bonds is 6. The van der Waals surface area contributed by atoms with Gasteiger partial charge in [0.05, 0.1) is 0 Å². The first kappa shape index (κ1) is 15.1. The molecule has 1 aliphatic rings. The lowest BCUT2D eigenvalue weighted by Gasteiger charge is -2.35. The molecule has 2 heteroatoms. The van der Waals surface area contributed by atoms with E-state index in [1.54, 1.807) is 4.88 Å². The van der Waals surface area contributed by atoms with E-state index in [0.29, 0.717) is 0 Å². The van der Waals surface area contributed by atoms with Gasteiger partial charge in [-0.15, -0.1) is 11.3 Å². The summed E-state index contributed by atoms with van der Waals surface area (Å²) in [6, 6.07) is 4.68. The van der Waals surface area contributed by atoms with Gasteiger partial charge in [-0.2, -0.15) is 0 Å². The van der Waals surface area contributed by atoms with Gasteiger partial charge in [-0.05, 0) is 69.2 Å². The van der Waals surface area contributed by atoms with Crippen LogP contribution in [0.3, 0.4) is 0 Å². The molecule has 1 aromatic heterocycles. The minimum atomic E-state index is 0.807. The number of thiophene rings is 1. The first-order valence-electron chi connectivity index (χ1n) is 8.01. The van der Waals surface area contributed by atoms with E-state index in [4.69, 9.17) is 0 Å². The molecule has 1 heterocycles. The zero-order chi connectivity index (χ0) is 13.7. The molecule has 0 bridgehead atoms. The summed E-state index contributed by atoms with van der Waals surface area (Å²) in [6.45, 7) is 9.23. The highest BCUT2D eigenvalue weighted by Crippen LogP contribution is 2.43. The van der Waals surface area contributed by atoms with Crippen LogP contribution in [0.25, 0.3) is 0 Å². The summed E-state index contributed by atoms with van der Waals surface area (Å²) < 4.78 is 0. The molecule has 1 aromatic rings. The maximum Gasteiger partial charge on any atom is 0.00823 e. The van der Waals surface area contributed by atoms with Crippen molar-refractivity contribution in [2.45, 2.75) is 58.8 Å². The van der Waals surface area contributed by atoms with E-state index in [-0.39, 0.29) is 0 Å². The van der Waals surface area contributed by atoms with Gasteiger partial charge >= 0.3 is 0 Å². The zero-order valence-electron chi connectivity index (χ0n) is 12.7. The molecule has 0 aliphatic heterocycles. The van der Waals surface area contributed by atoms with E-state index in [1.165, 1.54) is 50.1 Å². The fraction of sp³-hybridized carbons (Fsp3) is 0.765. The molecule has 1 N–H and O–H groups in total. The van der Waals surface area contributed by atoms with Gasteiger partial charge in [0.1, 0.15) is 0 Å². The van der Waals surface area contributed by atoms with Crippen molar-refractivity contribution < 1.29 is 0 Å². The Morgan fingerprint density at radius 1 is 1.26 bits per heavy atom. The summed E-state index contributed by atoms with van der Waals surface area (Å²) in [5, 5.41) is 3.65. The molecule has 0 aromatic carbocycles. The SMILES string of the molecule is CCCNCC1CCC(CC)CC1c1ccc(C)s1. The fourth-order valence-corrected chi connectivity index (χ4v) is 4.48. The van der Waals surface area contributed by atoms with Gasteiger partial charge in [0, 0.05) is 9.75 Å². The normalized spacial score (nSPS) is 27.6. The first-order valence-corrected chi connectivity index (χ1v) is 8.83. The molecule has 108 valence electrons. The van der Waals surface area contributed by atoms with E-state index < -0.39 is 0 Å². The summed E-state index contributed by atoms with van der Waals surface area (Å²) in [4.78, 5) is 3.10. The summed E-state index contributed by atoms with van der Waals surface area (Å²) in [5.41, 5.74) is 0. The van der Waals surface area contributed by atoms with Crippen molar-refractivity contribution in [3.63, 3.8) is 0 Å². The lowest BCUT2D eigenvalue weighted by Crippen LogP contribution is -2.32. The van der Waals surface area contributed by atoms with Crippen LogP contribution in [0.4, 0.5) is 0 Å². The second kappa shape index (κ2) is 7.44. The van der Waals surface area contributed by atoms with Crippen LogP contribution < -0.4 is 5.32 Å². The highest BCUT2D eigenvalue weighted by atomic mass is 32.1. The van der Waals surface area contributed by atoms with Crippen LogP contribution in [0.1, 0.15) is 61.6 Å². The van der Waals surface area contributed by atoms with E-state index in [2.05, 4.69) is 38.2 Å². The summed E-state index contributed by atoms with van der Waals surface area (Å²) in [7, 11) is 0. The topological polar surface area (TPSA) is 12.0 Å². The van der Waals surface area contributed by atoms with Gasteiger partial charge in [0.25, 0.3) is 0 Å². The average molecular weight is 279 g/mol. The summed E-state index contributed by atoms with van der Waals surface area (Å²) in [6.07, 6.45) is 6.87. The summed E-state index contributed by atoms with van der Waals surface area (Å²) >= 11 is 2.02. The largest absolute Gasteiger partial charge is 0.316 e. The van der Waals surface area contributed by atoms with Gasteiger partial charge in [-0.3, -0.25) is 0 Å². The molecule has 0 radical (unpaired) electrons. The highest BCUT2D eigenvalue weighted by Gasteiger charge is 2.31. The van der Waals surface area contributed by atoms with E-state index in [1.807, 2.05) is 11.3 Å². The third-order valence-corrected chi connectivity index (χ3v) is 5.77. The maximum absolute atomic E-state index is 3.65. The Labute approximate surface area is 122 Å². The molecule has 1 aliphatic carbocycles. The second-order valence-corrected chi connectivity index (χ2v) is 7.43. The predicted octanol–water partition coefficient (Wildman–Crippen LogP) is 4.97. The quantitative estimate of drug-likeness (QED) is 0.725. The Bertz CT molecular complexity index is 369. The Morgan fingerprint density at radius 2 is 2.11 bits per heavy atom. The monoisotopic (exact) mass is 279 g/mol. The number of nitrogens with one attached hydrogen (secondary N) is 1. The van der Waals surface area contributed by atoms with Crippen molar-refractivity contribution in [2.24, 2.45) is 11.8 Å². The van der Waals surface area contributed by atoms with Gasteiger partial charge in [-0.1, -0.05) is 26.7 Å². The first-order chi connectivity index (χ1) is 9.24. The Balaban J connectivity index is 2.03. The van der Waals surface area contributed by atoms with Crippen molar-refractivity contribution in [1.29, 1.82) is 0 Å². The number of hydrogen-bond donors (Lipinski definition) is 1. The molecule has 0 saturated heterocycles. The molecule has 0 amide bonds. The van der Waals surface area contributed by atoms with Crippen LogP contribution >= 0.6 is 11.3 Å². The maximum atomic E-state index is 3.65. The minimum Gasteiger partial charge on any atom is -0.316 e. The van der Waals surface area contributed by atoms with Gasteiger partial charge in [-0.25, -0.2) is 0 Å². The van der Waals surface area contributed by atoms with Crippen molar-refractivity contribution in [3.8, 4) is 0 Å². The molecule has 3 atom stereocenters. The van der Waals surface area contributed by atoms with Gasteiger partial charge in [0.15, 0.2) is 0 Å². The van der Waals surface area contributed by atoms with Crippen LogP contribution in [0.5, 0.6) is 0 Å². The van der Waals surface area contributed by atoms with Crippen LogP contribution in [0.15, 0.2) is 12.1 Å². The molecule has 19 heavy (non-hydrogen) atoms. The molecule has 1 saturated carbocycles. The van der Waals surface area contributed by atoms with Gasteiger partial charge in [0.2, 0.25) is 0 Å². The van der Waals surface area contributed by atoms with Crippen molar-refractivity contribution in [3.05, 3.63) is 21.9 Å². The molecular formula is C17H29NS. The Morgan fingerprint density at radius 3 is 2.74 bits per heavy atom. The molecular weight excluding hydrogens is 250 g/mol. The van der Waals surface area contributed by atoms with E-state index >= 15 is 0 Å². The summed E-state index contributed by atoms with van der Waals surface area (Å²) in [5.74, 6) is 2.61.